The van der Waals surface area contributed by atoms with Crippen LogP contribution in [0, 0.1) is 0 Å². The zero-order valence-corrected chi connectivity index (χ0v) is 19.6. The third-order valence-corrected chi connectivity index (χ3v) is 6.35. The van der Waals surface area contributed by atoms with Crippen LogP contribution in [-0.4, -0.2) is 79.9 Å². The number of nitrogens with zero attached hydrogens (tertiary/aromatic N) is 2. The molecule has 3 unspecified atom stereocenters. The number of para-hydroxylation sites is 1. The first-order valence-corrected chi connectivity index (χ1v) is 11.7. The van der Waals surface area contributed by atoms with Crippen LogP contribution in [0.4, 0.5) is 0 Å². The van der Waals surface area contributed by atoms with Gasteiger partial charge in [0.15, 0.2) is 0 Å². The molecule has 190 valence electrons. The van der Waals surface area contributed by atoms with Gasteiger partial charge in [0.05, 0.1) is 12.9 Å². The number of benzene rings is 1. The molecule has 12 nitrogen and oxygen atoms in total. The molecule has 12 heteroatoms. The quantitative estimate of drug-likeness (QED) is 0.222. The Labute approximate surface area is 206 Å². The van der Waals surface area contributed by atoms with Crippen molar-refractivity contribution >= 4 is 34.6 Å². The molecule has 3 heterocycles. The van der Waals surface area contributed by atoms with Crippen LogP contribution in [0.5, 0.6) is 0 Å². The lowest BCUT2D eigenvalue weighted by molar-refractivity contribution is -0.149. The van der Waals surface area contributed by atoms with Gasteiger partial charge >= 0.3 is 5.97 Å². The number of carboxylic acid groups (broad SMARTS) is 1. The minimum absolute atomic E-state index is 0.0814. The summed E-state index contributed by atoms with van der Waals surface area (Å²) in [4.78, 5) is 62.0. The second-order valence-corrected chi connectivity index (χ2v) is 8.76. The van der Waals surface area contributed by atoms with Crippen LogP contribution in [0.15, 0.2) is 43.0 Å². The number of nitrogens with one attached hydrogen (secondary N) is 4. The SMILES string of the molecule is NCC(=O)NC(Cc1c[nH]c2ccccc12)C(=O)NC(Cc1cnc[nH]1)C(=O)N1CCCC1C(=O)O. The fourth-order valence-electron chi connectivity index (χ4n) is 4.56. The first kappa shape index (κ1) is 24.9. The Bertz CT molecular complexity index is 1240. The van der Waals surface area contributed by atoms with Crippen LogP contribution >= 0.6 is 0 Å². The van der Waals surface area contributed by atoms with Crippen LogP contribution in [0.1, 0.15) is 24.1 Å². The number of aliphatic carboxylic acids is 1. The number of imidazole rings is 1. The van der Waals surface area contributed by atoms with E-state index in [1.807, 2.05) is 24.3 Å². The number of fused-ring (bicyclic) bond motifs is 1. The summed E-state index contributed by atoms with van der Waals surface area (Å²) >= 11 is 0. The molecule has 7 N–H and O–H groups in total. The molecule has 1 aromatic carbocycles. The Morgan fingerprint density at radius 3 is 2.67 bits per heavy atom. The van der Waals surface area contributed by atoms with E-state index in [0.717, 1.165) is 16.5 Å². The number of carbonyl (C=O) groups is 4. The van der Waals surface area contributed by atoms with E-state index in [-0.39, 0.29) is 25.9 Å². The summed E-state index contributed by atoms with van der Waals surface area (Å²) < 4.78 is 0. The molecule has 0 aliphatic carbocycles. The maximum atomic E-state index is 13.4. The van der Waals surface area contributed by atoms with Gasteiger partial charge in [-0.05, 0) is 24.5 Å². The second kappa shape index (κ2) is 11.0. The molecule has 4 rings (SSSR count). The van der Waals surface area contributed by atoms with Crippen molar-refractivity contribution < 1.29 is 24.3 Å². The predicted octanol–water partition coefficient (Wildman–Crippen LogP) is -0.320. The number of amides is 3. The number of H-pyrrole nitrogens is 2. The van der Waals surface area contributed by atoms with Crippen molar-refractivity contribution in [1.82, 2.24) is 30.5 Å². The third-order valence-electron chi connectivity index (χ3n) is 6.35. The molecule has 0 radical (unpaired) electrons. The average molecular weight is 496 g/mol. The summed E-state index contributed by atoms with van der Waals surface area (Å²) in [6.07, 6.45) is 5.91. The molecule has 36 heavy (non-hydrogen) atoms. The highest BCUT2D eigenvalue weighted by Gasteiger charge is 2.38. The molecule has 1 aliphatic rings. The zero-order chi connectivity index (χ0) is 25.7. The number of carboxylic acids is 1. The Hall–Kier alpha value is -4.19. The molecule has 1 fully saturated rings. The van der Waals surface area contributed by atoms with E-state index in [1.165, 1.54) is 17.4 Å². The number of aromatic nitrogens is 3. The van der Waals surface area contributed by atoms with E-state index in [4.69, 9.17) is 5.73 Å². The van der Waals surface area contributed by atoms with Gasteiger partial charge in [-0.1, -0.05) is 18.2 Å². The molecule has 2 aromatic heterocycles. The van der Waals surface area contributed by atoms with Gasteiger partial charge in [-0.2, -0.15) is 0 Å². The molecule has 3 atom stereocenters. The van der Waals surface area contributed by atoms with Crippen molar-refractivity contribution in [1.29, 1.82) is 0 Å². The minimum atomic E-state index is -1.08. The van der Waals surface area contributed by atoms with E-state index < -0.39 is 41.8 Å². The number of carbonyl (C=O) groups excluding carboxylic acids is 3. The number of aromatic amines is 2. The highest BCUT2D eigenvalue weighted by Crippen LogP contribution is 2.21. The van der Waals surface area contributed by atoms with Crippen molar-refractivity contribution in [2.75, 3.05) is 13.1 Å². The van der Waals surface area contributed by atoms with E-state index in [0.29, 0.717) is 18.5 Å². The molecule has 0 spiro atoms. The maximum Gasteiger partial charge on any atom is 0.326 e. The maximum absolute atomic E-state index is 13.4. The first-order valence-electron chi connectivity index (χ1n) is 11.7. The summed E-state index contributed by atoms with van der Waals surface area (Å²) in [7, 11) is 0. The van der Waals surface area contributed by atoms with Gasteiger partial charge in [0.25, 0.3) is 0 Å². The van der Waals surface area contributed by atoms with Crippen LogP contribution < -0.4 is 16.4 Å². The van der Waals surface area contributed by atoms with Gasteiger partial charge in [0, 0.05) is 48.4 Å². The van der Waals surface area contributed by atoms with E-state index >= 15 is 0 Å². The Balaban J connectivity index is 1.57. The van der Waals surface area contributed by atoms with E-state index in [9.17, 15) is 24.3 Å². The molecule has 3 amide bonds. The smallest absolute Gasteiger partial charge is 0.326 e. The Morgan fingerprint density at radius 1 is 1.14 bits per heavy atom. The van der Waals surface area contributed by atoms with Gasteiger partial charge < -0.3 is 36.3 Å². The van der Waals surface area contributed by atoms with Gasteiger partial charge in [-0.3, -0.25) is 14.4 Å². The molecular weight excluding hydrogens is 466 g/mol. The molecular formula is C24H29N7O5. The summed E-state index contributed by atoms with van der Waals surface area (Å²) in [6.45, 7) is -0.0178. The van der Waals surface area contributed by atoms with Crippen molar-refractivity contribution in [3.63, 3.8) is 0 Å². The second-order valence-electron chi connectivity index (χ2n) is 8.76. The zero-order valence-electron chi connectivity index (χ0n) is 19.6. The largest absolute Gasteiger partial charge is 0.480 e. The third kappa shape index (κ3) is 5.54. The Kier molecular flexibility index (Phi) is 7.64. The lowest BCUT2D eigenvalue weighted by atomic mass is 10.0. The van der Waals surface area contributed by atoms with Crippen molar-refractivity contribution in [3.8, 4) is 0 Å². The summed E-state index contributed by atoms with van der Waals surface area (Å²) in [5.41, 5.74) is 7.77. The fourth-order valence-corrected chi connectivity index (χ4v) is 4.56. The van der Waals surface area contributed by atoms with Crippen molar-refractivity contribution in [2.45, 2.75) is 43.8 Å². The summed E-state index contributed by atoms with van der Waals surface area (Å²) in [5, 5.41) is 15.8. The predicted molar refractivity (Wildman–Crippen MR) is 130 cm³/mol. The summed E-state index contributed by atoms with van der Waals surface area (Å²) in [6, 6.07) is 4.56. The first-order chi connectivity index (χ1) is 17.4. The lowest BCUT2D eigenvalue weighted by Crippen LogP contribution is -2.57. The lowest BCUT2D eigenvalue weighted by Gasteiger charge is -2.28. The molecule has 1 aliphatic heterocycles. The number of hydrogen-bond donors (Lipinski definition) is 6. The van der Waals surface area contributed by atoms with Crippen molar-refractivity contribution in [3.05, 3.63) is 54.2 Å². The van der Waals surface area contributed by atoms with Gasteiger partial charge in [-0.25, -0.2) is 9.78 Å². The van der Waals surface area contributed by atoms with Crippen LogP contribution in [0.2, 0.25) is 0 Å². The van der Waals surface area contributed by atoms with Crippen LogP contribution in [-0.2, 0) is 32.0 Å². The highest BCUT2D eigenvalue weighted by molar-refractivity contribution is 5.94. The van der Waals surface area contributed by atoms with E-state index in [2.05, 4.69) is 25.6 Å². The standard InChI is InChI=1S/C24H29N7O5/c25-10-21(32)29-18(8-14-11-27-17-5-2-1-4-16(14)17)22(33)30-19(9-15-12-26-13-28-15)23(34)31-7-3-6-20(31)24(35)36/h1-2,4-5,11-13,18-20,27H,3,6-10,25H2,(H,26,28)(H,29,32)(H,30,33)(H,35,36). The fraction of sp³-hybridized carbons (Fsp3) is 0.375. The molecule has 0 saturated carbocycles. The van der Waals surface area contributed by atoms with Crippen LogP contribution in [0.25, 0.3) is 10.9 Å². The average Bonchev–Trinajstić information content (AvgIpc) is 3.64. The highest BCUT2D eigenvalue weighted by atomic mass is 16.4. The summed E-state index contributed by atoms with van der Waals surface area (Å²) in [5.74, 6) is -2.68. The number of nitrogens with two attached hydrogens (primary N) is 1. The number of likely N-dealkylation sites (tertiary alicyclic amines) is 1. The van der Waals surface area contributed by atoms with Crippen LogP contribution in [0.3, 0.4) is 0 Å². The topological polar surface area (TPSA) is 186 Å². The molecule has 3 aromatic rings. The normalized spacial score (nSPS) is 17.0. The monoisotopic (exact) mass is 495 g/mol. The number of hydrogen-bond acceptors (Lipinski definition) is 6. The van der Waals surface area contributed by atoms with Gasteiger partial charge in [0.2, 0.25) is 17.7 Å². The van der Waals surface area contributed by atoms with Gasteiger partial charge in [-0.15, -0.1) is 0 Å². The minimum Gasteiger partial charge on any atom is -0.480 e. The van der Waals surface area contributed by atoms with E-state index in [1.54, 1.807) is 6.20 Å². The molecule has 1 saturated heterocycles. The number of rotatable bonds is 10. The van der Waals surface area contributed by atoms with Gasteiger partial charge in [0.1, 0.15) is 18.1 Å². The van der Waals surface area contributed by atoms with Crippen molar-refractivity contribution in [2.24, 2.45) is 5.73 Å². The molecule has 0 bridgehead atoms. The Morgan fingerprint density at radius 2 is 1.94 bits per heavy atom.